The zero-order chi connectivity index (χ0) is 20.5. The molecule has 0 N–H and O–H groups in total. The highest BCUT2D eigenvalue weighted by Gasteiger charge is 2.79. The van der Waals surface area contributed by atoms with Gasteiger partial charge < -0.3 is 0 Å². The second-order valence-electron chi connectivity index (χ2n) is 9.61. The largest absolute Gasteiger partial charge is 0.296 e. The average Bonchev–Trinajstić information content (AvgIpc) is 3.10. The normalized spacial score (nSPS) is 35.6. The molecule has 3 aliphatic rings. The summed E-state index contributed by atoms with van der Waals surface area (Å²) in [6.07, 6.45) is 5.33. The van der Waals surface area contributed by atoms with Crippen molar-refractivity contribution in [3.05, 3.63) is 58.2 Å². The van der Waals surface area contributed by atoms with Gasteiger partial charge in [0.2, 0.25) is 0 Å². The molecule has 0 aliphatic heterocycles. The van der Waals surface area contributed by atoms with Crippen molar-refractivity contribution in [3.8, 4) is 0 Å². The maximum Gasteiger partial charge on any atom is 0.192 e. The summed E-state index contributed by atoms with van der Waals surface area (Å²) < 4.78 is 0. The molecule has 1 aromatic rings. The van der Waals surface area contributed by atoms with Gasteiger partial charge >= 0.3 is 0 Å². The predicted molar refractivity (Wildman–Crippen MR) is 114 cm³/mol. The fraction of sp³-hybridized carbons (Fsp3) is 0.520. The van der Waals surface area contributed by atoms with Crippen molar-refractivity contribution in [2.75, 3.05) is 0 Å². The monoisotopic (exact) mass is 396 g/mol. The molecular formula is C25H29ClO2. The number of fused-ring (bicyclic) bond motifs is 2. The third-order valence-electron chi connectivity index (χ3n) is 7.70. The van der Waals surface area contributed by atoms with Crippen LogP contribution in [-0.2, 0) is 10.2 Å². The van der Waals surface area contributed by atoms with Gasteiger partial charge in [0.1, 0.15) is 0 Å². The molecule has 0 aromatic heterocycles. The predicted octanol–water partition coefficient (Wildman–Crippen LogP) is 6.18. The molecular weight excluding hydrogens is 368 g/mol. The zero-order valence-corrected chi connectivity index (χ0v) is 18.2. The Morgan fingerprint density at radius 1 is 1.18 bits per heavy atom. The van der Waals surface area contributed by atoms with E-state index in [1.807, 2.05) is 24.3 Å². The van der Waals surface area contributed by atoms with E-state index in [-0.39, 0.29) is 17.5 Å². The van der Waals surface area contributed by atoms with E-state index in [1.54, 1.807) is 0 Å². The lowest BCUT2D eigenvalue weighted by Crippen LogP contribution is -2.54. The van der Waals surface area contributed by atoms with Gasteiger partial charge in [-0.3, -0.25) is 9.59 Å². The number of alkyl halides is 1. The SMILES string of the molecule is CC(C)=CCC[C@@]1(C)[C@@H]2CC(=C(C)C)C[C@]23C(=O)[C@@]1(Cl)C(=O)c1ccccc13. The summed E-state index contributed by atoms with van der Waals surface area (Å²) in [5.74, 6) is -0.173. The van der Waals surface area contributed by atoms with Gasteiger partial charge in [0, 0.05) is 11.0 Å². The molecule has 0 unspecified atom stereocenters. The van der Waals surface area contributed by atoms with Crippen LogP contribution in [0.3, 0.4) is 0 Å². The molecule has 3 aliphatic carbocycles. The minimum absolute atomic E-state index is 0.0497. The van der Waals surface area contributed by atoms with Crippen molar-refractivity contribution in [1.29, 1.82) is 0 Å². The Labute approximate surface area is 173 Å². The molecule has 1 spiro atoms. The number of rotatable bonds is 3. The van der Waals surface area contributed by atoms with E-state index in [0.717, 1.165) is 24.8 Å². The Balaban J connectivity index is 1.98. The Morgan fingerprint density at radius 2 is 1.86 bits per heavy atom. The fourth-order valence-corrected chi connectivity index (χ4v) is 6.68. The van der Waals surface area contributed by atoms with Crippen LogP contribution >= 0.6 is 11.6 Å². The molecule has 4 atom stereocenters. The van der Waals surface area contributed by atoms with E-state index >= 15 is 0 Å². The van der Waals surface area contributed by atoms with Crippen LogP contribution in [0.15, 0.2) is 47.1 Å². The molecule has 2 nitrogen and oxygen atoms in total. The van der Waals surface area contributed by atoms with E-state index in [4.69, 9.17) is 11.6 Å². The number of carbonyl (C=O) groups is 2. The average molecular weight is 397 g/mol. The van der Waals surface area contributed by atoms with Crippen molar-refractivity contribution in [2.45, 2.75) is 70.6 Å². The molecule has 2 fully saturated rings. The Morgan fingerprint density at radius 3 is 2.50 bits per heavy atom. The molecule has 148 valence electrons. The summed E-state index contributed by atoms with van der Waals surface area (Å²) in [7, 11) is 0. The van der Waals surface area contributed by atoms with E-state index in [9.17, 15) is 9.59 Å². The number of hydrogen-bond acceptors (Lipinski definition) is 2. The standard InChI is InChI=1S/C25H29ClO2/c1-15(2)9-8-12-23(5)20-13-17(16(3)4)14-24(20)19-11-7-6-10-18(19)21(27)25(23,26)22(24)28/h6-7,9-11,20H,8,12-14H2,1-5H3/t20-,23-,24+,25-/m0/s1. The van der Waals surface area contributed by atoms with Crippen LogP contribution in [0.4, 0.5) is 0 Å². The highest BCUT2D eigenvalue weighted by molar-refractivity contribution is 6.53. The van der Waals surface area contributed by atoms with Crippen LogP contribution in [0.25, 0.3) is 0 Å². The second kappa shape index (κ2) is 6.16. The third-order valence-corrected chi connectivity index (χ3v) is 8.48. The number of hydrogen-bond donors (Lipinski definition) is 0. The number of ketones is 2. The van der Waals surface area contributed by atoms with Crippen molar-refractivity contribution in [1.82, 2.24) is 0 Å². The maximum absolute atomic E-state index is 14.0. The first kappa shape index (κ1) is 19.6. The summed E-state index contributed by atoms with van der Waals surface area (Å²) >= 11 is 7.14. The van der Waals surface area contributed by atoms with E-state index in [1.165, 1.54) is 16.7 Å². The minimum atomic E-state index is -1.45. The Bertz CT molecular complexity index is 947. The molecule has 0 radical (unpaired) electrons. The number of allylic oxidation sites excluding steroid dienone is 4. The van der Waals surface area contributed by atoms with Gasteiger partial charge in [-0.2, -0.15) is 0 Å². The first-order chi connectivity index (χ1) is 13.1. The lowest BCUT2D eigenvalue weighted by Gasteiger charge is -2.40. The van der Waals surface area contributed by atoms with E-state index < -0.39 is 15.7 Å². The van der Waals surface area contributed by atoms with Crippen LogP contribution in [0.5, 0.6) is 0 Å². The summed E-state index contributed by atoms with van der Waals surface area (Å²) in [6, 6.07) is 7.69. The molecule has 3 heteroatoms. The van der Waals surface area contributed by atoms with Crippen LogP contribution in [0, 0.1) is 11.3 Å². The molecule has 0 heterocycles. The number of Topliss-reactive ketones (excluding diaryl/α,β-unsaturated/α-hetero) is 2. The first-order valence-electron chi connectivity index (χ1n) is 10.3. The second-order valence-corrected chi connectivity index (χ2v) is 10.2. The maximum atomic E-state index is 14.0. The molecule has 28 heavy (non-hydrogen) atoms. The van der Waals surface area contributed by atoms with Crippen LogP contribution in [0.1, 0.15) is 76.2 Å². The van der Waals surface area contributed by atoms with E-state index in [2.05, 4.69) is 40.7 Å². The number of benzene rings is 1. The topological polar surface area (TPSA) is 34.1 Å². The highest BCUT2D eigenvalue weighted by Crippen LogP contribution is 2.72. The molecule has 2 bridgehead atoms. The molecule has 2 saturated carbocycles. The molecule has 0 amide bonds. The summed E-state index contributed by atoms with van der Waals surface area (Å²) in [4.78, 5) is 26.1. The Kier molecular flexibility index (Phi) is 4.32. The molecule has 1 aromatic carbocycles. The van der Waals surface area contributed by atoms with Gasteiger partial charge in [0.25, 0.3) is 0 Å². The van der Waals surface area contributed by atoms with Gasteiger partial charge in [-0.1, -0.05) is 54.0 Å². The van der Waals surface area contributed by atoms with Gasteiger partial charge in [-0.05, 0) is 64.9 Å². The van der Waals surface area contributed by atoms with Crippen LogP contribution in [0.2, 0.25) is 0 Å². The smallest absolute Gasteiger partial charge is 0.192 e. The number of carbonyl (C=O) groups excluding carboxylic acids is 2. The van der Waals surface area contributed by atoms with Crippen molar-refractivity contribution in [2.24, 2.45) is 11.3 Å². The highest BCUT2D eigenvalue weighted by atomic mass is 35.5. The van der Waals surface area contributed by atoms with E-state index in [0.29, 0.717) is 12.0 Å². The lowest BCUT2D eigenvalue weighted by atomic mass is 9.66. The lowest BCUT2D eigenvalue weighted by molar-refractivity contribution is -0.124. The first-order valence-corrected chi connectivity index (χ1v) is 10.6. The van der Waals surface area contributed by atoms with Gasteiger partial charge in [-0.25, -0.2) is 0 Å². The number of halogens is 1. The van der Waals surface area contributed by atoms with Crippen molar-refractivity contribution < 1.29 is 9.59 Å². The molecule has 0 saturated heterocycles. The minimum Gasteiger partial charge on any atom is -0.296 e. The van der Waals surface area contributed by atoms with Crippen LogP contribution in [-0.4, -0.2) is 16.4 Å². The fourth-order valence-electron chi connectivity index (χ4n) is 6.18. The van der Waals surface area contributed by atoms with Crippen LogP contribution < -0.4 is 0 Å². The summed E-state index contributed by atoms with van der Waals surface area (Å²) in [5, 5.41) is 0. The quantitative estimate of drug-likeness (QED) is 0.347. The third kappa shape index (κ3) is 2.16. The summed E-state index contributed by atoms with van der Waals surface area (Å²) in [6.45, 7) is 10.5. The van der Waals surface area contributed by atoms with Crippen molar-refractivity contribution in [3.63, 3.8) is 0 Å². The van der Waals surface area contributed by atoms with Gasteiger partial charge in [0.15, 0.2) is 16.4 Å². The summed E-state index contributed by atoms with van der Waals surface area (Å²) in [5.41, 5.74) is 4.24. The molecule has 4 rings (SSSR count). The van der Waals surface area contributed by atoms with Gasteiger partial charge in [0.05, 0.1) is 5.41 Å². The zero-order valence-electron chi connectivity index (χ0n) is 17.5. The Hall–Kier alpha value is -1.67. The van der Waals surface area contributed by atoms with Crippen molar-refractivity contribution >= 4 is 23.2 Å². The van der Waals surface area contributed by atoms with Gasteiger partial charge in [-0.15, -0.1) is 11.6 Å².